The van der Waals surface area contributed by atoms with Gasteiger partial charge in [-0.3, -0.25) is 4.79 Å². The Balaban J connectivity index is 2.88. The molecule has 0 aliphatic heterocycles. The number of carbonyl (C=O) groups is 1. The molecule has 0 saturated heterocycles. The Morgan fingerprint density at radius 2 is 2.27 bits per heavy atom. The monoisotopic (exact) mass is 240 g/mol. The van der Waals surface area contributed by atoms with Gasteiger partial charge in [0.25, 0.3) is 0 Å². The highest BCUT2D eigenvalue weighted by atomic mass is 35.5. The van der Waals surface area contributed by atoms with E-state index in [0.29, 0.717) is 10.6 Å². The van der Waals surface area contributed by atoms with Gasteiger partial charge >= 0.3 is 0 Å². The molecule has 0 aromatic heterocycles. The minimum Gasteiger partial charge on any atom is -0.295 e. The average molecular weight is 241 g/mol. The third-order valence-electron chi connectivity index (χ3n) is 2.00. The number of rotatable bonds is 4. The number of allylic oxidation sites excluding steroid dienone is 1. The number of halogens is 1. The third-order valence-corrected chi connectivity index (χ3v) is 2.59. The van der Waals surface area contributed by atoms with Crippen molar-refractivity contribution in [2.45, 2.75) is 13.3 Å². The van der Waals surface area contributed by atoms with E-state index in [9.17, 15) is 4.79 Å². The molecule has 0 fully saturated rings. The summed E-state index contributed by atoms with van der Waals surface area (Å²) in [5.74, 6) is 0.849. The Morgan fingerprint density at radius 3 is 2.80 bits per heavy atom. The Kier molecular flexibility index (Phi) is 4.92. The van der Waals surface area contributed by atoms with E-state index in [1.807, 2.05) is 18.2 Å². The van der Waals surface area contributed by atoms with Crippen molar-refractivity contribution in [1.82, 2.24) is 0 Å². The lowest BCUT2D eigenvalue weighted by Gasteiger charge is -2.00. The van der Waals surface area contributed by atoms with Gasteiger partial charge in [-0.25, -0.2) is 0 Å². The van der Waals surface area contributed by atoms with Crippen LogP contribution in [0.25, 0.3) is 6.08 Å². The first-order chi connectivity index (χ1) is 7.15. The first kappa shape index (κ1) is 12.3. The van der Waals surface area contributed by atoms with Crippen molar-refractivity contribution in [2.75, 3.05) is 5.75 Å². The van der Waals surface area contributed by atoms with E-state index in [-0.39, 0.29) is 5.78 Å². The molecular weight excluding hydrogens is 228 g/mol. The van der Waals surface area contributed by atoms with Crippen LogP contribution in [0.2, 0.25) is 5.02 Å². The van der Waals surface area contributed by atoms with Gasteiger partial charge in [-0.2, -0.15) is 12.6 Å². The van der Waals surface area contributed by atoms with Crippen molar-refractivity contribution in [2.24, 2.45) is 0 Å². The van der Waals surface area contributed by atoms with E-state index in [2.05, 4.69) is 12.6 Å². The van der Waals surface area contributed by atoms with Crippen LogP contribution in [-0.2, 0) is 0 Å². The van der Waals surface area contributed by atoms with Crippen LogP contribution in [0.4, 0.5) is 0 Å². The summed E-state index contributed by atoms with van der Waals surface area (Å²) in [4.78, 5) is 11.1. The van der Waals surface area contributed by atoms with Crippen LogP contribution < -0.4 is 0 Å². The number of benzene rings is 1. The molecule has 0 aliphatic carbocycles. The zero-order chi connectivity index (χ0) is 11.3. The van der Waals surface area contributed by atoms with Gasteiger partial charge in [-0.1, -0.05) is 35.9 Å². The summed E-state index contributed by atoms with van der Waals surface area (Å²) in [6.07, 6.45) is 4.87. The van der Waals surface area contributed by atoms with Gasteiger partial charge in [-0.05, 0) is 30.7 Å². The molecule has 0 unspecified atom stereocenters. The summed E-state index contributed by atoms with van der Waals surface area (Å²) >= 11 is 10.1. The van der Waals surface area contributed by atoms with Gasteiger partial charge in [0.2, 0.25) is 0 Å². The first-order valence-corrected chi connectivity index (χ1v) is 5.74. The second kappa shape index (κ2) is 5.99. The molecule has 15 heavy (non-hydrogen) atoms. The van der Waals surface area contributed by atoms with E-state index in [4.69, 9.17) is 11.6 Å². The van der Waals surface area contributed by atoms with Crippen molar-refractivity contribution in [1.29, 1.82) is 0 Å². The van der Waals surface area contributed by atoms with Crippen molar-refractivity contribution in [3.63, 3.8) is 0 Å². The summed E-state index contributed by atoms with van der Waals surface area (Å²) in [6, 6.07) is 5.34. The van der Waals surface area contributed by atoms with Crippen LogP contribution >= 0.6 is 24.2 Å². The van der Waals surface area contributed by atoms with Crippen molar-refractivity contribution in [3.05, 3.63) is 40.4 Å². The lowest BCUT2D eigenvalue weighted by Crippen LogP contribution is -1.91. The third kappa shape index (κ3) is 3.73. The number of hydrogen-bond donors (Lipinski definition) is 1. The summed E-state index contributed by atoms with van der Waals surface area (Å²) in [6.45, 7) is 1.53. The number of thiol groups is 1. The number of carbonyl (C=O) groups excluding carboxylic acids is 1. The van der Waals surface area contributed by atoms with Crippen molar-refractivity contribution < 1.29 is 4.79 Å². The lowest BCUT2D eigenvalue weighted by molar-refractivity contribution is 0.101. The molecule has 80 valence electrons. The van der Waals surface area contributed by atoms with E-state index < -0.39 is 0 Å². The summed E-state index contributed by atoms with van der Waals surface area (Å²) < 4.78 is 0. The van der Waals surface area contributed by atoms with Gasteiger partial charge in [0.15, 0.2) is 5.78 Å². The average Bonchev–Trinajstić information content (AvgIpc) is 2.20. The van der Waals surface area contributed by atoms with E-state index in [0.717, 1.165) is 17.7 Å². The van der Waals surface area contributed by atoms with Gasteiger partial charge in [0.05, 0.1) is 0 Å². The normalized spacial score (nSPS) is 10.9. The predicted octanol–water partition coefficient (Wildman–Crippen LogP) is 3.88. The van der Waals surface area contributed by atoms with Gasteiger partial charge in [0.1, 0.15) is 0 Å². The van der Waals surface area contributed by atoms with Crippen LogP contribution in [-0.4, -0.2) is 11.5 Å². The molecule has 0 radical (unpaired) electrons. The van der Waals surface area contributed by atoms with Crippen LogP contribution in [0.15, 0.2) is 24.3 Å². The second-order valence-electron chi connectivity index (χ2n) is 3.21. The van der Waals surface area contributed by atoms with Crippen LogP contribution in [0.3, 0.4) is 0 Å². The molecule has 1 aromatic rings. The zero-order valence-corrected chi connectivity index (χ0v) is 10.2. The minimum atomic E-state index is 0.0304. The number of Topliss-reactive ketones (excluding diaryl/α,β-unsaturated/α-hetero) is 1. The lowest BCUT2D eigenvalue weighted by atomic mass is 10.1. The molecular formula is C12H13ClOS. The van der Waals surface area contributed by atoms with Crippen molar-refractivity contribution >= 4 is 36.1 Å². The molecule has 0 N–H and O–H groups in total. The summed E-state index contributed by atoms with van der Waals surface area (Å²) in [5.41, 5.74) is 1.58. The molecule has 0 amide bonds. The van der Waals surface area contributed by atoms with Crippen LogP contribution in [0, 0.1) is 0 Å². The zero-order valence-electron chi connectivity index (χ0n) is 8.53. The Labute approximate surface area is 101 Å². The van der Waals surface area contributed by atoms with Gasteiger partial charge in [0, 0.05) is 10.6 Å². The molecule has 0 atom stereocenters. The highest BCUT2D eigenvalue weighted by molar-refractivity contribution is 7.80. The smallest absolute Gasteiger partial charge is 0.159 e. The topological polar surface area (TPSA) is 17.1 Å². The fourth-order valence-corrected chi connectivity index (χ4v) is 1.56. The fourth-order valence-electron chi connectivity index (χ4n) is 1.17. The maximum Gasteiger partial charge on any atom is 0.159 e. The minimum absolute atomic E-state index is 0.0304. The standard InChI is InChI=1S/C12H13ClOS/c1-9(14)11-6-5-10(12(13)8-11)4-2-3-7-15/h2,4-6,8,15H,3,7H2,1H3. The van der Waals surface area contributed by atoms with Crippen LogP contribution in [0.5, 0.6) is 0 Å². The maximum atomic E-state index is 11.1. The molecule has 0 heterocycles. The fraction of sp³-hybridized carbons (Fsp3) is 0.250. The molecule has 0 saturated carbocycles. The van der Waals surface area contributed by atoms with E-state index in [1.165, 1.54) is 6.92 Å². The summed E-state index contributed by atoms with van der Waals surface area (Å²) in [5, 5.41) is 0.609. The molecule has 1 nitrogen and oxygen atoms in total. The highest BCUT2D eigenvalue weighted by Gasteiger charge is 2.02. The van der Waals surface area contributed by atoms with Gasteiger partial charge in [-0.15, -0.1) is 0 Å². The molecule has 0 spiro atoms. The Hall–Kier alpha value is -0.730. The van der Waals surface area contributed by atoms with Gasteiger partial charge < -0.3 is 0 Å². The second-order valence-corrected chi connectivity index (χ2v) is 4.06. The molecule has 0 aliphatic rings. The predicted molar refractivity (Wildman–Crippen MR) is 69.0 cm³/mol. The summed E-state index contributed by atoms with van der Waals surface area (Å²) in [7, 11) is 0. The van der Waals surface area contributed by atoms with E-state index in [1.54, 1.807) is 12.1 Å². The Bertz CT molecular complexity index is 385. The number of ketones is 1. The number of hydrogen-bond acceptors (Lipinski definition) is 2. The SMILES string of the molecule is CC(=O)c1ccc(C=CCCS)c(Cl)c1. The quantitative estimate of drug-likeness (QED) is 0.625. The first-order valence-electron chi connectivity index (χ1n) is 4.73. The van der Waals surface area contributed by atoms with Crippen LogP contribution in [0.1, 0.15) is 29.3 Å². The Morgan fingerprint density at radius 1 is 1.53 bits per heavy atom. The maximum absolute atomic E-state index is 11.1. The molecule has 0 bridgehead atoms. The van der Waals surface area contributed by atoms with Crippen molar-refractivity contribution in [3.8, 4) is 0 Å². The van der Waals surface area contributed by atoms with E-state index >= 15 is 0 Å². The highest BCUT2D eigenvalue weighted by Crippen LogP contribution is 2.19. The molecule has 1 rings (SSSR count). The largest absolute Gasteiger partial charge is 0.295 e. The molecule has 1 aromatic carbocycles. The molecule has 3 heteroatoms.